The maximum absolute atomic E-state index is 11.7. The summed E-state index contributed by atoms with van der Waals surface area (Å²) in [6, 6.07) is 0. The summed E-state index contributed by atoms with van der Waals surface area (Å²) in [4.78, 5) is 11.7. The number of hydrogen-bond acceptors (Lipinski definition) is 4. The molecule has 0 aliphatic rings. The van der Waals surface area contributed by atoms with E-state index in [1.165, 1.54) is 70.6 Å². The molecule has 1 atom stereocenters. The summed E-state index contributed by atoms with van der Waals surface area (Å²) >= 11 is 0. The predicted molar refractivity (Wildman–Crippen MR) is 126 cm³/mol. The molecule has 4 nitrogen and oxygen atoms in total. The van der Waals surface area contributed by atoms with Crippen LogP contribution in [0.3, 0.4) is 0 Å². The highest BCUT2D eigenvalue weighted by Gasteiger charge is 2.17. The van der Waals surface area contributed by atoms with Gasteiger partial charge in [0.05, 0.1) is 6.61 Å². The van der Waals surface area contributed by atoms with E-state index in [2.05, 4.69) is 38.7 Å². The standard InChI is InChI=1S/C24H48O4Si/c1-5-6-7-8-9-10-11-12-13-14-15-16-17-18-19-20-24(26)27-21-23(25)22-28-29(2,3)4/h12-13,23,25H,5-11,14-22H2,1-4H3/b13-12-. The molecular weight excluding hydrogens is 380 g/mol. The largest absolute Gasteiger partial charge is 0.463 e. The molecule has 172 valence electrons. The highest BCUT2D eigenvalue weighted by molar-refractivity contribution is 6.69. The number of aliphatic hydroxyl groups is 1. The molecule has 0 saturated carbocycles. The van der Waals surface area contributed by atoms with Gasteiger partial charge >= 0.3 is 5.97 Å². The number of unbranched alkanes of at least 4 members (excludes halogenated alkanes) is 11. The molecule has 0 rings (SSSR count). The molecule has 1 N–H and O–H groups in total. The maximum atomic E-state index is 11.7. The molecule has 0 spiro atoms. The molecule has 0 saturated heterocycles. The van der Waals surface area contributed by atoms with Crippen LogP contribution in [0.1, 0.15) is 96.8 Å². The Morgan fingerprint density at radius 2 is 1.34 bits per heavy atom. The van der Waals surface area contributed by atoms with Gasteiger partial charge in [-0.1, -0.05) is 70.4 Å². The van der Waals surface area contributed by atoms with Crippen molar-refractivity contribution in [3.63, 3.8) is 0 Å². The van der Waals surface area contributed by atoms with E-state index in [0.717, 1.165) is 12.8 Å². The van der Waals surface area contributed by atoms with Crippen molar-refractivity contribution >= 4 is 14.3 Å². The number of allylic oxidation sites excluding steroid dienone is 2. The van der Waals surface area contributed by atoms with Gasteiger partial charge in [0.1, 0.15) is 12.7 Å². The lowest BCUT2D eigenvalue weighted by atomic mass is 10.1. The molecule has 29 heavy (non-hydrogen) atoms. The molecule has 0 aliphatic heterocycles. The van der Waals surface area contributed by atoms with Crippen LogP contribution in [0.2, 0.25) is 19.6 Å². The molecule has 0 aliphatic carbocycles. The lowest BCUT2D eigenvalue weighted by molar-refractivity contribution is -0.147. The molecule has 0 radical (unpaired) electrons. The summed E-state index contributed by atoms with van der Waals surface area (Å²) in [5, 5.41) is 9.78. The van der Waals surface area contributed by atoms with Crippen molar-refractivity contribution in [2.24, 2.45) is 0 Å². The van der Waals surface area contributed by atoms with Gasteiger partial charge in [-0.2, -0.15) is 0 Å². The van der Waals surface area contributed by atoms with E-state index in [9.17, 15) is 9.90 Å². The molecule has 0 bridgehead atoms. The number of ether oxygens (including phenoxy) is 1. The first-order valence-electron chi connectivity index (χ1n) is 12.0. The minimum absolute atomic E-state index is 0.0361. The first kappa shape index (κ1) is 28.3. The second-order valence-corrected chi connectivity index (χ2v) is 13.6. The van der Waals surface area contributed by atoms with Crippen LogP contribution < -0.4 is 0 Å². The molecule has 0 amide bonds. The Balaban J connectivity index is 3.37. The minimum atomic E-state index is -1.64. The van der Waals surface area contributed by atoms with E-state index in [1.807, 2.05) is 0 Å². The molecule has 5 heteroatoms. The van der Waals surface area contributed by atoms with E-state index in [-0.39, 0.29) is 19.2 Å². The SMILES string of the molecule is CCCCCCCC/C=C\CCCCCCCC(=O)OCC(O)CO[Si](C)(C)C. The van der Waals surface area contributed by atoms with Gasteiger partial charge in [0.2, 0.25) is 0 Å². The highest BCUT2D eigenvalue weighted by Crippen LogP contribution is 2.10. The van der Waals surface area contributed by atoms with Gasteiger partial charge in [-0.25, -0.2) is 0 Å². The van der Waals surface area contributed by atoms with Gasteiger partial charge in [-0.05, 0) is 51.7 Å². The molecule has 0 aromatic heterocycles. The average Bonchev–Trinajstić information content (AvgIpc) is 2.67. The van der Waals surface area contributed by atoms with E-state index in [0.29, 0.717) is 6.42 Å². The van der Waals surface area contributed by atoms with Gasteiger partial charge < -0.3 is 14.3 Å². The van der Waals surface area contributed by atoms with Crippen molar-refractivity contribution in [1.29, 1.82) is 0 Å². The summed E-state index contributed by atoms with van der Waals surface area (Å²) in [5.41, 5.74) is 0. The van der Waals surface area contributed by atoms with Crippen LogP contribution in [0.15, 0.2) is 12.2 Å². The molecule has 0 aromatic rings. The Kier molecular flexibility index (Phi) is 18.9. The Bertz CT molecular complexity index is 404. The number of carbonyl (C=O) groups is 1. The Hall–Kier alpha value is -0.653. The Morgan fingerprint density at radius 1 is 0.828 bits per heavy atom. The van der Waals surface area contributed by atoms with Gasteiger partial charge in [0, 0.05) is 6.42 Å². The van der Waals surface area contributed by atoms with Crippen LogP contribution in [-0.2, 0) is 14.0 Å². The summed E-state index contributed by atoms with van der Waals surface area (Å²) < 4.78 is 10.7. The van der Waals surface area contributed by atoms with Crippen molar-refractivity contribution in [1.82, 2.24) is 0 Å². The fourth-order valence-electron chi connectivity index (χ4n) is 3.00. The Morgan fingerprint density at radius 3 is 1.90 bits per heavy atom. The maximum Gasteiger partial charge on any atom is 0.305 e. The van der Waals surface area contributed by atoms with E-state index < -0.39 is 14.4 Å². The quantitative estimate of drug-likeness (QED) is 0.100. The second-order valence-electron chi connectivity index (χ2n) is 9.09. The lowest BCUT2D eigenvalue weighted by Crippen LogP contribution is -2.32. The zero-order valence-electron chi connectivity index (χ0n) is 19.7. The van der Waals surface area contributed by atoms with E-state index >= 15 is 0 Å². The number of carbonyl (C=O) groups excluding carboxylic acids is 1. The highest BCUT2D eigenvalue weighted by atomic mass is 28.4. The fraction of sp³-hybridized carbons (Fsp3) is 0.875. The molecule has 0 fully saturated rings. The van der Waals surface area contributed by atoms with Crippen LogP contribution in [0.25, 0.3) is 0 Å². The topological polar surface area (TPSA) is 55.8 Å². The van der Waals surface area contributed by atoms with Crippen molar-refractivity contribution in [2.75, 3.05) is 13.2 Å². The summed E-state index contributed by atoms with van der Waals surface area (Å²) in [7, 11) is -1.64. The molecular formula is C24H48O4Si. The smallest absolute Gasteiger partial charge is 0.305 e. The zero-order valence-corrected chi connectivity index (χ0v) is 20.7. The van der Waals surface area contributed by atoms with Crippen molar-refractivity contribution < 1.29 is 19.1 Å². The fourth-order valence-corrected chi connectivity index (χ4v) is 3.69. The number of hydrogen-bond donors (Lipinski definition) is 1. The van der Waals surface area contributed by atoms with E-state index in [4.69, 9.17) is 9.16 Å². The van der Waals surface area contributed by atoms with Crippen molar-refractivity contribution in [3.05, 3.63) is 12.2 Å². The molecule has 0 heterocycles. The first-order chi connectivity index (χ1) is 13.8. The number of rotatable bonds is 20. The van der Waals surface area contributed by atoms with Crippen LogP contribution in [-0.4, -0.2) is 38.7 Å². The summed E-state index contributed by atoms with van der Waals surface area (Å²) in [6.45, 7) is 8.75. The van der Waals surface area contributed by atoms with Gasteiger partial charge in [0.25, 0.3) is 0 Å². The average molecular weight is 429 g/mol. The minimum Gasteiger partial charge on any atom is -0.463 e. The van der Waals surface area contributed by atoms with Crippen molar-refractivity contribution in [2.45, 2.75) is 123 Å². The number of esters is 1. The van der Waals surface area contributed by atoms with Gasteiger partial charge in [0.15, 0.2) is 8.32 Å². The molecule has 0 aromatic carbocycles. The van der Waals surface area contributed by atoms with Crippen LogP contribution in [0.4, 0.5) is 0 Å². The molecule has 1 unspecified atom stereocenters. The third-order valence-corrected chi connectivity index (χ3v) is 5.82. The second kappa shape index (κ2) is 19.3. The normalized spacial score (nSPS) is 13.1. The third-order valence-electron chi connectivity index (χ3n) is 4.79. The van der Waals surface area contributed by atoms with Gasteiger partial charge in [-0.15, -0.1) is 0 Å². The van der Waals surface area contributed by atoms with Crippen molar-refractivity contribution in [3.8, 4) is 0 Å². The first-order valence-corrected chi connectivity index (χ1v) is 15.4. The lowest BCUT2D eigenvalue weighted by Gasteiger charge is -2.20. The van der Waals surface area contributed by atoms with Crippen LogP contribution in [0, 0.1) is 0 Å². The van der Waals surface area contributed by atoms with Crippen LogP contribution in [0.5, 0.6) is 0 Å². The Labute approximate surface area is 181 Å². The number of aliphatic hydroxyl groups excluding tert-OH is 1. The monoisotopic (exact) mass is 428 g/mol. The van der Waals surface area contributed by atoms with Crippen LogP contribution >= 0.6 is 0 Å². The predicted octanol–water partition coefficient (Wildman–Crippen LogP) is 6.78. The van der Waals surface area contributed by atoms with Gasteiger partial charge in [-0.3, -0.25) is 4.79 Å². The third kappa shape index (κ3) is 23.5. The summed E-state index contributed by atoms with van der Waals surface area (Å²) in [6.07, 6.45) is 20.6. The van der Waals surface area contributed by atoms with E-state index in [1.54, 1.807) is 0 Å². The summed E-state index contributed by atoms with van der Waals surface area (Å²) in [5.74, 6) is -0.213. The zero-order chi connectivity index (χ0) is 21.8.